The zero-order valence-corrected chi connectivity index (χ0v) is 12.2. The predicted octanol–water partition coefficient (Wildman–Crippen LogP) is 2.98. The van der Waals surface area contributed by atoms with Crippen LogP contribution in [0.3, 0.4) is 0 Å². The topological polar surface area (TPSA) is 30.5 Å². The average Bonchev–Trinajstić information content (AvgIpc) is 2.37. The second-order valence-corrected chi connectivity index (χ2v) is 4.84. The molecule has 1 N–H and O–H groups in total. The molecule has 0 fully saturated rings. The van der Waals surface area contributed by atoms with Gasteiger partial charge in [-0.2, -0.15) is 0 Å². The van der Waals surface area contributed by atoms with Crippen molar-refractivity contribution in [2.45, 2.75) is 45.9 Å². The number of nitrogens with one attached hydrogen (secondary N) is 1. The van der Waals surface area contributed by atoms with Crippen molar-refractivity contribution in [2.24, 2.45) is 0 Å². The Morgan fingerprint density at radius 1 is 1.26 bits per heavy atom. The first-order valence-corrected chi connectivity index (χ1v) is 6.57. The Labute approximate surface area is 116 Å². The van der Waals surface area contributed by atoms with Gasteiger partial charge in [-0.1, -0.05) is 6.07 Å². The maximum Gasteiger partial charge on any atom is 0.161 e. The van der Waals surface area contributed by atoms with Crippen LogP contribution in [0.5, 0.6) is 11.5 Å². The van der Waals surface area contributed by atoms with Crippen LogP contribution in [-0.4, -0.2) is 19.3 Å². The van der Waals surface area contributed by atoms with Crippen molar-refractivity contribution in [3.8, 4) is 23.8 Å². The fourth-order valence-electron chi connectivity index (χ4n) is 1.71. The highest BCUT2D eigenvalue weighted by Gasteiger charge is 2.08. The minimum atomic E-state index is 0.133. The highest BCUT2D eigenvalue weighted by Crippen LogP contribution is 2.28. The molecule has 0 amide bonds. The Morgan fingerprint density at radius 2 is 2.00 bits per heavy atom. The van der Waals surface area contributed by atoms with E-state index in [1.807, 2.05) is 32.0 Å². The maximum absolute atomic E-state index is 5.68. The molecular formula is C16H23NO2. The van der Waals surface area contributed by atoms with Gasteiger partial charge in [-0.3, -0.25) is 0 Å². The smallest absolute Gasteiger partial charge is 0.161 e. The van der Waals surface area contributed by atoms with E-state index in [4.69, 9.17) is 15.9 Å². The van der Waals surface area contributed by atoms with Crippen molar-refractivity contribution in [1.29, 1.82) is 0 Å². The number of hydrogen-bond acceptors (Lipinski definition) is 3. The summed E-state index contributed by atoms with van der Waals surface area (Å²) in [7, 11) is 1.65. The SMILES string of the molecule is C#CCC(C)NCc1ccc(OC(C)C)c(OC)c1. The van der Waals surface area contributed by atoms with Crippen LogP contribution in [0, 0.1) is 12.3 Å². The molecule has 0 radical (unpaired) electrons. The number of methoxy groups -OCH3 is 1. The average molecular weight is 261 g/mol. The minimum Gasteiger partial charge on any atom is -0.493 e. The summed E-state index contributed by atoms with van der Waals surface area (Å²) in [5.41, 5.74) is 1.15. The number of terminal acetylenes is 1. The van der Waals surface area contributed by atoms with Crippen LogP contribution in [0.1, 0.15) is 32.8 Å². The van der Waals surface area contributed by atoms with Gasteiger partial charge in [-0.05, 0) is 38.5 Å². The van der Waals surface area contributed by atoms with Gasteiger partial charge in [0, 0.05) is 19.0 Å². The molecule has 0 spiro atoms. The molecular weight excluding hydrogens is 238 g/mol. The minimum absolute atomic E-state index is 0.133. The molecule has 0 saturated heterocycles. The fourth-order valence-corrected chi connectivity index (χ4v) is 1.71. The summed E-state index contributed by atoms with van der Waals surface area (Å²) < 4.78 is 11.0. The highest BCUT2D eigenvalue weighted by molar-refractivity contribution is 5.43. The molecule has 104 valence electrons. The molecule has 19 heavy (non-hydrogen) atoms. The van der Waals surface area contributed by atoms with E-state index in [0.29, 0.717) is 6.04 Å². The van der Waals surface area contributed by atoms with Crippen molar-refractivity contribution in [2.75, 3.05) is 7.11 Å². The quantitative estimate of drug-likeness (QED) is 0.765. The summed E-state index contributed by atoms with van der Waals surface area (Å²) in [6.45, 7) is 6.83. The van der Waals surface area contributed by atoms with Crippen LogP contribution in [0.4, 0.5) is 0 Å². The molecule has 3 nitrogen and oxygen atoms in total. The second kappa shape index (κ2) is 7.70. The molecule has 0 aliphatic carbocycles. The lowest BCUT2D eigenvalue weighted by molar-refractivity contribution is 0.230. The van der Waals surface area contributed by atoms with E-state index in [9.17, 15) is 0 Å². The zero-order chi connectivity index (χ0) is 14.3. The van der Waals surface area contributed by atoms with Gasteiger partial charge in [0.1, 0.15) is 0 Å². The van der Waals surface area contributed by atoms with E-state index in [1.165, 1.54) is 0 Å². The zero-order valence-electron chi connectivity index (χ0n) is 12.2. The summed E-state index contributed by atoms with van der Waals surface area (Å²) in [6, 6.07) is 6.28. The van der Waals surface area contributed by atoms with Crippen LogP contribution < -0.4 is 14.8 Å². The number of hydrogen-bond donors (Lipinski definition) is 1. The van der Waals surface area contributed by atoms with E-state index < -0.39 is 0 Å². The van der Waals surface area contributed by atoms with Crippen molar-refractivity contribution in [1.82, 2.24) is 5.32 Å². The second-order valence-electron chi connectivity index (χ2n) is 4.84. The predicted molar refractivity (Wildman–Crippen MR) is 78.5 cm³/mol. The molecule has 1 unspecified atom stereocenters. The van der Waals surface area contributed by atoms with Crippen LogP contribution in [-0.2, 0) is 6.54 Å². The van der Waals surface area contributed by atoms with Crippen molar-refractivity contribution >= 4 is 0 Å². The van der Waals surface area contributed by atoms with Gasteiger partial charge in [0.05, 0.1) is 13.2 Å². The summed E-state index contributed by atoms with van der Waals surface area (Å²) in [5, 5.41) is 3.37. The summed E-state index contributed by atoms with van der Waals surface area (Å²) in [5.74, 6) is 4.19. The molecule has 0 bridgehead atoms. The molecule has 0 heterocycles. The van der Waals surface area contributed by atoms with E-state index in [0.717, 1.165) is 30.0 Å². The summed E-state index contributed by atoms with van der Waals surface area (Å²) in [6.07, 6.45) is 6.14. The van der Waals surface area contributed by atoms with E-state index in [-0.39, 0.29) is 6.10 Å². The third-order valence-corrected chi connectivity index (χ3v) is 2.67. The first-order chi connectivity index (χ1) is 9.06. The van der Waals surface area contributed by atoms with Crippen molar-refractivity contribution in [3.05, 3.63) is 23.8 Å². The van der Waals surface area contributed by atoms with Crippen molar-refractivity contribution in [3.63, 3.8) is 0 Å². The standard InChI is InChI=1S/C16H23NO2/c1-6-7-13(4)17-11-14-8-9-15(19-12(2)3)16(10-14)18-5/h1,8-10,12-13,17H,7,11H2,2-5H3. The Balaban J connectivity index is 2.69. The van der Waals surface area contributed by atoms with E-state index in [1.54, 1.807) is 7.11 Å². The molecule has 1 aromatic carbocycles. The van der Waals surface area contributed by atoms with Gasteiger partial charge in [-0.15, -0.1) is 12.3 Å². The molecule has 0 aromatic heterocycles. The van der Waals surface area contributed by atoms with Gasteiger partial charge >= 0.3 is 0 Å². The Kier molecular flexibility index (Phi) is 6.24. The third kappa shape index (κ3) is 5.23. The number of ether oxygens (including phenoxy) is 2. The van der Waals surface area contributed by atoms with E-state index >= 15 is 0 Å². The third-order valence-electron chi connectivity index (χ3n) is 2.67. The molecule has 1 atom stereocenters. The Bertz CT molecular complexity index is 435. The van der Waals surface area contributed by atoms with Gasteiger partial charge in [0.2, 0.25) is 0 Å². The van der Waals surface area contributed by atoms with Crippen LogP contribution in [0.25, 0.3) is 0 Å². The van der Waals surface area contributed by atoms with E-state index in [2.05, 4.69) is 18.2 Å². The molecule has 0 saturated carbocycles. The lowest BCUT2D eigenvalue weighted by atomic mass is 10.1. The monoisotopic (exact) mass is 261 g/mol. The van der Waals surface area contributed by atoms with Gasteiger partial charge < -0.3 is 14.8 Å². The molecule has 0 aliphatic heterocycles. The number of rotatable bonds is 7. The van der Waals surface area contributed by atoms with Gasteiger partial charge in [0.25, 0.3) is 0 Å². The lowest BCUT2D eigenvalue weighted by Crippen LogP contribution is -2.24. The van der Waals surface area contributed by atoms with Crippen LogP contribution in [0.15, 0.2) is 18.2 Å². The number of benzene rings is 1. The highest BCUT2D eigenvalue weighted by atomic mass is 16.5. The summed E-state index contributed by atoms with van der Waals surface area (Å²) in [4.78, 5) is 0. The Hall–Kier alpha value is -1.66. The maximum atomic E-state index is 5.68. The van der Waals surface area contributed by atoms with Crippen molar-refractivity contribution < 1.29 is 9.47 Å². The molecule has 0 aliphatic rings. The van der Waals surface area contributed by atoms with Gasteiger partial charge in [-0.25, -0.2) is 0 Å². The fraction of sp³-hybridized carbons (Fsp3) is 0.500. The van der Waals surface area contributed by atoms with Gasteiger partial charge in [0.15, 0.2) is 11.5 Å². The summed E-state index contributed by atoms with van der Waals surface area (Å²) >= 11 is 0. The lowest BCUT2D eigenvalue weighted by Gasteiger charge is -2.15. The first kappa shape index (κ1) is 15.4. The van der Waals surface area contributed by atoms with Crippen LogP contribution in [0.2, 0.25) is 0 Å². The molecule has 1 aromatic rings. The normalized spacial score (nSPS) is 12.0. The Morgan fingerprint density at radius 3 is 2.58 bits per heavy atom. The largest absolute Gasteiger partial charge is 0.493 e. The molecule has 3 heteroatoms. The molecule has 1 rings (SSSR count). The van der Waals surface area contributed by atoms with Crippen LogP contribution >= 0.6 is 0 Å². The first-order valence-electron chi connectivity index (χ1n) is 6.57.